The number of amides is 1. The highest BCUT2D eigenvalue weighted by molar-refractivity contribution is 5.67. The summed E-state index contributed by atoms with van der Waals surface area (Å²) in [7, 11) is 0. The van der Waals surface area contributed by atoms with Crippen LogP contribution in [0.25, 0.3) is 0 Å². The number of anilines is 1. The first-order chi connectivity index (χ1) is 10.3. The highest BCUT2D eigenvalue weighted by Crippen LogP contribution is 2.27. The van der Waals surface area contributed by atoms with Gasteiger partial charge in [0.15, 0.2) is 0 Å². The Morgan fingerprint density at radius 3 is 2.73 bits per heavy atom. The van der Waals surface area contributed by atoms with E-state index in [1.165, 1.54) is 19.3 Å². The first kappa shape index (κ1) is 16.7. The van der Waals surface area contributed by atoms with Crippen LogP contribution in [0.4, 0.5) is 10.5 Å². The zero-order valence-corrected chi connectivity index (χ0v) is 14.1. The molecule has 0 bridgehead atoms. The third-order valence-electron chi connectivity index (χ3n) is 3.83. The highest BCUT2D eigenvalue weighted by Gasteiger charge is 2.21. The molecular formula is C18H28N2O2. The molecule has 0 saturated heterocycles. The summed E-state index contributed by atoms with van der Waals surface area (Å²) in [4.78, 5) is 11.7. The van der Waals surface area contributed by atoms with Crippen molar-refractivity contribution >= 4 is 11.8 Å². The largest absolute Gasteiger partial charge is 0.444 e. The maximum Gasteiger partial charge on any atom is 0.407 e. The van der Waals surface area contributed by atoms with Crippen molar-refractivity contribution in [3.63, 3.8) is 0 Å². The predicted octanol–water partition coefficient (Wildman–Crippen LogP) is 4.31. The topological polar surface area (TPSA) is 50.4 Å². The zero-order chi connectivity index (χ0) is 16.2. The maximum atomic E-state index is 11.7. The average molecular weight is 304 g/mol. The van der Waals surface area contributed by atoms with E-state index in [1.54, 1.807) is 0 Å². The molecular weight excluding hydrogens is 276 g/mol. The second kappa shape index (κ2) is 7.03. The summed E-state index contributed by atoms with van der Waals surface area (Å²) in [5.74, 6) is 0.814. The lowest BCUT2D eigenvalue weighted by Crippen LogP contribution is -2.32. The molecule has 0 radical (unpaired) electrons. The molecule has 1 aliphatic carbocycles. The quantitative estimate of drug-likeness (QED) is 0.871. The van der Waals surface area contributed by atoms with E-state index in [0.29, 0.717) is 12.6 Å². The summed E-state index contributed by atoms with van der Waals surface area (Å²) in [5, 5.41) is 6.39. The lowest BCUT2D eigenvalue weighted by Gasteiger charge is -2.20. The van der Waals surface area contributed by atoms with Crippen LogP contribution in [0.5, 0.6) is 0 Å². The van der Waals surface area contributed by atoms with Gasteiger partial charge in [0, 0.05) is 18.3 Å². The van der Waals surface area contributed by atoms with Crippen molar-refractivity contribution in [3.05, 3.63) is 29.8 Å². The second-order valence-electron chi connectivity index (χ2n) is 7.32. The molecule has 0 aliphatic heterocycles. The SMILES string of the molecule is CC1CCC(Nc2cccc(CNC(=O)OC(C)(C)C)c2)C1. The average Bonchev–Trinajstić information content (AvgIpc) is 2.80. The number of hydrogen-bond donors (Lipinski definition) is 2. The number of benzene rings is 1. The number of hydrogen-bond acceptors (Lipinski definition) is 3. The van der Waals surface area contributed by atoms with Crippen LogP contribution < -0.4 is 10.6 Å². The molecule has 2 rings (SSSR count). The van der Waals surface area contributed by atoms with Gasteiger partial charge in [0.25, 0.3) is 0 Å². The first-order valence-electron chi connectivity index (χ1n) is 8.14. The van der Waals surface area contributed by atoms with Gasteiger partial charge in [-0.3, -0.25) is 0 Å². The van der Waals surface area contributed by atoms with Crippen molar-refractivity contribution in [1.29, 1.82) is 0 Å². The van der Waals surface area contributed by atoms with Gasteiger partial charge in [-0.15, -0.1) is 0 Å². The highest BCUT2D eigenvalue weighted by atomic mass is 16.6. The summed E-state index contributed by atoms with van der Waals surface area (Å²) in [6.07, 6.45) is 3.40. The molecule has 0 aromatic heterocycles. The van der Waals surface area contributed by atoms with E-state index >= 15 is 0 Å². The Hall–Kier alpha value is -1.71. The monoisotopic (exact) mass is 304 g/mol. The molecule has 1 aliphatic rings. The van der Waals surface area contributed by atoms with Crippen LogP contribution in [-0.2, 0) is 11.3 Å². The van der Waals surface area contributed by atoms with E-state index in [4.69, 9.17) is 4.74 Å². The molecule has 1 fully saturated rings. The molecule has 4 heteroatoms. The summed E-state index contributed by atoms with van der Waals surface area (Å²) < 4.78 is 5.24. The Morgan fingerprint density at radius 1 is 1.32 bits per heavy atom. The summed E-state index contributed by atoms with van der Waals surface area (Å²) in [6, 6.07) is 8.79. The van der Waals surface area contributed by atoms with Gasteiger partial charge in [0.2, 0.25) is 0 Å². The van der Waals surface area contributed by atoms with E-state index in [0.717, 1.165) is 17.2 Å². The molecule has 22 heavy (non-hydrogen) atoms. The Bertz CT molecular complexity index is 508. The van der Waals surface area contributed by atoms with Gasteiger partial charge in [0.05, 0.1) is 0 Å². The van der Waals surface area contributed by atoms with Gasteiger partial charge in [-0.1, -0.05) is 19.1 Å². The van der Waals surface area contributed by atoms with E-state index in [2.05, 4.69) is 29.7 Å². The molecule has 4 nitrogen and oxygen atoms in total. The summed E-state index contributed by atoms with van der Waals surface area (Å²) in [6.45, 7) is 8.37. The maximum absolute atomic E-state index is 11.7. The van der Waals surface area contributed by atoms with Crippen LogP contribution in [0, 0.1) is 5.92 Å². The summed E-state index contributed by atoms with van der Waals surface area (Å²) in [5.41, 5.74) is 1.73. The van der Waals surface area contributed by atoms with Gasteiger partial charge in [0.1, 0.15) is 5.60 Å². The van der Waals surface area contributed by atoms with E-state index < -0.39 is 5.60 Å². The van der Waals surface area contributed by atoms with Gasteiger partial charge in [-0.05, 0) is 63.6 Å². The number of alkyl carbamates (subject to hydrolysis) is 1. The molecule has 0 heterocycles. The van der Waals surface area contributed by atoms with Crippen LogP contribution >= 0.6 is 0 Å². The van der Waals surface area contributed by atoms with E-state index in [-0.39, 0.29) is 6.09 Å². The molecule has 122 valence electrons. The third-order valence-corrected chi connectivity index (χ3v) is 3.83. The van der Waals surface area contributed by atoms with Crippen molar-refractivity contribution in [2.24, 2.45) is 5.92 Å². The third kappa shape index (κ3) is 5.58. The second-order valence-corrected chi connectivity index (χ2v) is 7.32. The van der Waals surface area contributed by atoms with Crippen LogP contribution in [-0.4, -0.2) is 17.7 Å². The molecule has 1 aromatic carbocycles. The number of carbonyl (C=O) groups is 1. The van der Waals surface area contributed by atoms with Crippen molar-refractivity contribution in [1.82, 2.24) is 5.32 Å². The lowest BCUT2D eigenvalue weighted by atomic mass is 10.1. The van der Waals surface area contributed by atoms with Gasteiger partial charge in [-0.2, -0.15) is 0 Å². The molecule has 1 aromatic rings. The normalized spacial score (nSPS) is 21.5. The van der Waals surface area contributed by atoms with Crippen LogP contribution in [0.2, 0.25) is 0 Å². The minimum atomic E-state index is -0.466. The van der Waals surface area contributed by atoms with Gasteiger partial charge in [-0.25, -0.2) is 4.79 Å². The number of rotatable bonds is 4. The fraction of sp³-hybridized carbons (Fsp3) is 0.611. The van der Waals surface area contributed by atoms with Crippen molar-refractivity contribution in [3.8, 4) is 0 Å². The molecule has 2 N–H and O–H groups in total. The molecule has 2 atom stereocenters. The number of carbonyl (C=O) groups excluding carboxylic acids is 1. The van der Waals surface area contributed by atoms with E-state index in [1.807, 2.05) is 32.9 Å². The Labute approximate surface area is 133 Å². The standard InChI is InChI=1S/C18H28N2O2/c1-13-8-9-16(10-13)20-15-7-5-6-14(11-15)12-19-17(21)22-18(2,3)4/h5-7,11,13,16,20H,8-10,12H2,1-4H3,(H,19,21). The molecule has 1 saturated carbocycles. The van der Waals surface area contributed by atoms with Gasteiger partial charge >= 0.3 is 6.09 Å². The molecule has 2 unspecified atom stereocenters. The van der Waals surface area contributed by atoms with Crippen LogP contribution in [0.15, 0.2) is 24.3 Å². The molecule has 1 amide bonds. The molecule has 0 spiro atoms. The summed E-state index contributed by atoms with van der Waals surface area (Å²) >= 11 is 0. The minimum Gasteiger partial charge on any atom is -0.444 e. The number of ether oxygens (including phenoxy) is 1. The lowest BCUT2D eigenvalue weighted by molar-refractivity contribution is 0.0523. The number of nitrogens with one attached hydrogen (secondary N) is 2. The van der Waals surface area contributed by atoms with Gasteiger partial charge < -0.3 is 15.4 Å². The van der Waals surface area contributed by atoms with Crippen LogP contribution in [0.1, 0.15) is 52.5 Å². The van der Waals surface area contributed by atoms with Crippen molar-refractivity contribution in [2.75, 3.05) is 5.32 Å². The zero-order valence-electron chi connectivity index (χ0n) is 14.1. The van der Waals surface area contributed by atoms with Crippen LogP contribution in [0.3, 0.4) is 0 Å². The smallest absolute Gasteiger partial charge is 0.407 e. The fourth-order valence-electron chi connectivity index (χ4n) is 2.83. The Balaban J connectivity index is 1.85. The fourth-order valence-corrected chi connectivity index (χ4v) is 2.83. The van der Waals surface area contributed by atoms with E-state index in [9.17, 15) is 4.79 Å². The van der Waals surface area contributed by atoms with Crippen molar-refractivity contribution in [2.45, 2.75) is 65.1 Å². The predicted molar refractivity (Wildman–Crippen MR) is 89.9 cm³/mol. The van der Waals surface area contributed by atoms with Crippen molar-refractivity contribution < 1.29 is 9.53 Å². The Kier molecular flexibility index (Phi) is 5.33. The minimum absolute atomic E-state index is 0.379. The Morgan fingerprint density at radius 2 is 2.09 bits per heavy atom. The first-order valence-corrected chi connectivity index (χ1v) is 8.14.